The van der Waals surface area contributed by atoms with Crippen LogP contribution in [-0.2, 0) is 14.2 Å². The minimum absolute atomic E-state index is 0.0347. The molecule has 7 nitrogen and oxygen atoms in total. The van der Waals surface area contributed by atoms with E-state index < -0.39 is 26.1 Å². The van der Waals surface area contributed by atoms with Crippen molar-refractivity contribution in [3.8, 4) is 0 Å². The Labute approximate surface area is 67.7 Å². The van der Waals surface area contributed by atoms with Crippen LogP contribution in [-0.4, -0.2) is 38.5 Å². The van der Waals surface area contributed by atoms with Crippen LogP contribution < -0.4 is 0 Å². The summed E-state index contributed by atoms with van der Waals surface area (Å²) in [6.45, 7) is -0.423. The number of nitrogens with zero attached hydrogens (tertiary/aromatic N) is 1. The number of carbonyl (C=O) groups is 2. The number of hydrogen-bond donors (Lipinski definition) is 3. The predicted molar refractivity (Wildman–Crippen MR) is 36.2 cm³/mol. The lowest BCUT2D eigenvalue weighted by Crippen LogP contribution is -2.20. The van der Waals surface area contributed by atoms with Crippen LogP contribution in [0, 0.1) is 0 Å². The quantitative estimate of drug-likeness (QED) is 0.223. The molecule has 0 atom stereocenters. The SMILES string of the molecule is O=CN(O)CCC(=O)P(=O)(O)O. The lowest BCUT2D eigenvalue weighted by molar-refractivity contribution is -0.150. The Bertz CT molecular complexity index is 222. The van der Waals surface area contributed by atoms with E-state index in [0.717, 1.165) is 0 Å². The second kappa shape index (κ2) is 4.32. The number of carbonyl (C=O) groups excluding carboxylic acids is 2. The highest BCUT2D eigenvalue weighted by Gasteiger charge is 2.25. The summed E-state index contributed by atoms with van der Waals surface area (Å²) in [7, 11) is -4.72. The van der Waals surface area contributed by atoms with Gasteiger partial charge in [-0.15, -0.1) is 0 Å². The monoisotopic (exact) mass is 197 g/mol. The van der Waals surface area contributed by atoms with Gasteiger partial charge in [0.05, 0.1) is 6.54 Å². The molecule has 12 heavy (non-hydrogen) atoms. The first-order valence-electron chi connectivity index (χ1n) is 2.87. The molecule has 0 saturated carbocycles. The van der Waals surface area contributed by atoms with Gasteiger partial charge in [0.15, 0.2) is 0 Å². The molecule has 0 aromatic carbocycles. The highest BCUT2D eigenvalue weighted by atomic mass is 31.2. The van der Waals surface area contributed by atoms with Gasteiger partial charge in [0.25, 0.3) is 0 Å². The Morgan fingerprint density at radius 2 is 2.00 bits per heavy atom. The summed E-state index contributed by atoms with van der Waals surface area (Å²) in [5.74, 6) is 0. The molecule has 0 aromatic heterocycles. The summed E-state index contributed by atoms with van der Waals surface area (Å²) >= 11 is 0. The second-order valence-corrected chi connectivity index (χ2v) is 3.54. The lowest BCUT2D eigenvalue weighted by Gasteiger charge is -2.07. The van der Waals surface area contributed by atoms with Gasteiger partial charge in [-0.1, -0.05) is 0 Å². The van der Waals surface area contributed by atoms with E-state index in [2.05, 4.69) is 0 Å². The van der Waals surface area contributed by atoms with Gasteiger partial charge in [-0.25, -0.2) is 5.06 Å². The first-order chi connectivity index (χ1) is 5.38. The van der Waals surface area contributed by atoms with Crippen LogP contribution in [0.5, 0.6) is 0 Å². The molecule has 0 aromatic rings. The van der Waals surface area contributed by atoms with Gasteiger partial charge < -0.3 is 9.79 Å². The summed E-state index contributed by atoms with van der Waals surface area (Å²) in [6, 6.07) is 0. The van der Waals surface area contributed by atoms with Crippen LogP contribution in [0.15, 0.2) is 0 Å². The van der Waals surface area contributed by atoms with Crippen LogP contribution in [0.1, 0.15) is 6.42 Å². The average molecular weight is 197 g/mol. The molecule has 0 rings (SSSR count). The van der Waals surface area contributed by atoms with E-state index in [0.29, 0.717) is 0 Å². The molecule has 0 aliphatic rings. The van der Waals surface area contributed by atoms with Crippen molar-refractivity contribution < 1.29 is 29.1 Å². The van der Waals surface area contributed by atoms with Gasteiger partial charge in [0, 0.05) is 6.42 Å². The largest absolute Gasteiger partial charge is 0.391 e. The van der Waals surface area contributed by atoms with Crippen LogP contribution in [0.25, 0.3) is 0 Å². The molecule has 8 heteroatoms. The van der Waals surface area contributed by atoms with Crippen molar-refractivity contribution in [1.29, 1.82) is 0 Å². The number of amides is 1. The Balaban J connectivity index is 3.88. The molecule has 3 N–H and O–H groups in total. The first-order valence-corrected chi connectivity index (χ1v) is 4.49. The zero-order chi connectivity index (χ0) is 9.78. The van der Waals surface area contributed by atoms with Crippen molar-refractivity contribution in [3.63, 3.8) is 0 Å². The third-order valence-corrected chi connectivity index (χ3v) is 1.87. The predicted octanol–water partition coefficient (Wildman–Crippen LogP) is -1.07. The van der Waals surface area contributed by atoms with E-state index in [1.807, 2.05) is 0 Å². The lowest BCUT2D eigenvalue weighted by atomic mass is 10.5. The van der Waals surface area contributed by atoms with Gasteiger partial charge in [0.2, 0.25) is 11.9 Å². The van der Waals surface area contributed by atoms with Crippen molar-refractivity contribution in [2.75, 3.05) is 6.54 Å². The fourth-order valence-corrected chi connectivity index (χ4v) is 0.800. The zero-order valence-corrected chi connectivity index (χ0v) is 6.85. The summed E-state index contributed by atoms with van der Waals surface area (Å²) in [5, 5.41) is 8.57. The van der Waals surface area contributed by atoms with Gasteiger partial charge in [-0.3, -0.25) is 19.4 Å². The van der Waals surface area contributed by atoms with Crippen molar-refractivity contribution in [3.05, 3.63) is 0 Å². The highest BCUT2D eigenvalue weighted by Crippen LogP contribution is 2.36. The van der Waals surface area contributed by atoms with E-state index in [1.165, 1.54) is 0 Å². The Kier molecular flexibility index (Phi) is 4.05. The number of hydrogen-bond acceptors (Lipinski definition) is 4. The standard InChI is InChI=1S/C4H8NO6P/c6-3-5(8)2-1-4(7)12(9,10)11/h3,8H,1-2H2,(H2,9,10,11). The number of rotatable bonds is 5. The molecule has 0 aliphatic heterocycles. The minimum atomic E-state index is -4.72. The summed E-state index contributed by atoms with van der Waals surface area (Å²) in [5.41, 5.74) is -1.30. The zero-order valence-electron chi connectivity index (χ0n) is 5.95. The van der Waals surface area contributed by atoms with E-state index in [-0.39, 0.29) is 11.5 Å². The maximum Gasteiger partial charge on any atom is 0.391 e. The molecular formula is C4H8NO6P. The molecule has 0 saturated heterocycles. The second-order valence-electron chi connectivity index (χ2n) is 1.96. The minimum Gasteiger partial charge on any atom is -0.319 e. The third kappa shape index (κ3) is 4.20. The highest BCUT2D eigenvalue weighted by molar-refractivity contribution is 7.70. The van der Waals surface area contributed by atoms with E-state index in [1.54, 1.807) is 0 Å². The Morgan fingerprint density at radius 3 is 2.33 bits per heavy atom. The molecule has 0 radical (unpaired) electrons. The molecule has 70 valence electrons. The molecule has 0 unspecified atom stereocenters. The summed E-state index contributed by atoms with van der Waals surface area (Å²) in [4.78, 5) is 36.7. The third-order valence-electron chi connectivity index (χ3n) is 1.00. The molecule has 1 amide bonds. The first kappa shape index (κ1) is 11.2. The van der Waals surface area contributed by atoms with Gasteiger partial charge in [-0.05, 0) is 0 Å². The normalized spacial score (nSPS) is 10.9. The van der Waals surface area contributed by atoms with Crippen LogP contribution in [0.2, 0.25) is 0 Å². The molecule has 0 bridgehead atoms. The molecule has 0 aliphatic carbocycles. The maximum atomic E-state index is 10.5. The molecular weight excluding hydrogens is 189 g/mol. The topological polar surface area (TPSA) is 115 Å². The summed E-state index contributed by atoms with van der Waals surface area (Å²) < 4.78 is 10.2. The van der Waals surface area contributed by atoms with Crippen molar-refractivity contribution in [1.82, 2.24) is 5.06 Å². The van der Waals surface area contributed by atoms with Crippen LogP contribution in [0.3, 0.4) is 0 Å². The fourth-order valence-electron chi connectivity index (χ4n) is 0.409. The van der Waals surface area contributed by atoms with Gasteiger partial charge in [-0.2, -0.15) is 0 Å². The van der Waals surface area contributed by atoms with E-state index in [9.17, 15) is 14.2 Å². The van der Waals surface area contributed by atoms with E-state index in [4.69, 9.17) is 15.0 Å². The van der Waals surface area contributed by atoms with Crippen LogP contribution in [0.4, 0.5) is 0 Å². The van der Waals surface area contributed by atoms with Crippen molar-refractivity contribution in [2.45, 2.75) is 6.42 Å². The fraction of sp³-hybridized carbons (Fsp3) is 0.500. The van der Waals surface area contributed by atoms with Gasteiger partial charge in [0.1, 0.15) is 0 Å². The summed E-state index contributed by atoms with van der Waals surface area (Å²) in [6.07, 6.45) is -0.535. The van der Waals surface area contributed by atoms with Crippen molar-refractivity contribution in [2.24, 2.45) is 0 Å². The Hall–Kier alpha value is -0.750. The molecule has 0 spiro atoms. The van der Waals surface area contributed by atoms with Crippen LogP contribution >= 0.6 is 7.60 Å². The molecule has 0 fully saturated rings. The Morgan fingerprint density at radius 1 is 1.50 bits per heavy atom. The van der Waals surface area contributed by atoms with E-state index >= 15 is 0 Å². The molecule has 0 heterocycles. The van der Waals surface area contributed by atoms with Gasteiger partial charge >= 0.3 is 7.60 Å². The average Bonchev–Trinajstić information content (AvgIpc) is 1.97. The smallest absolute Gasteiger partial charge is 0.319 e. The maximum absolute atomic E-state index is 10.5. The van der Waals surface area contributed by atoms with Crippen molar-refractivity contribution >= 4 is 19.5 Å². The number of hydroxylamine groups is 2.